The Bertz CT molecular complexity index is 2690. The van der Waals surface area contributed by atoms with E-state index in [9.17, 15) is 0 Å². The number of rotatable bonds is 3. The van der Waals surface area contributed by atoms with Gasteiger partial charge in [-0.15, -0.1) is 0 Å². The fourth-order valence-electron chi connectivity index (χ4n) is 7.49. The van der Waals surface area contributed by atoms with Gasteiger partial charge in [-0.1, -0.05) is 133 Å². The second-order valence-electron chi connectivity index (χ2n) is 12.6. The fraction of sp³-hybridized carbons (Fsp3) is 0.0222. The van der Waals surface area contributed by atoms with E-state index < -0.39 is 0 Å². The highest BCUT2D eigenvalue weighted by atomic mass is 15.0. The summed E-state index contributed by atoms with van der Waals surface area (Å²) in [5.41, 5.74) is 13.5. The van der Waals surface area contributed by atoms with Crippen LogP contribution in [0.1, 0.15) is 11.1 Å². The number of aromatic nitrogens is 3. The van der Waals surface area contributed by atoms with Gasteiger partial charge in [0.05, 0.1) is 28.1 Å². The van der Waals surface area contributed by atoms with Crippen molar-refractivity contribution in [3.05, 3.63) is 175 Å². The smallest absolute Gasteiger partial charge is 0.160 e. The molecule has 7 aromatic carbocycles. The third-order valence-electron chi connectivity index (χ3n) is 9.78. The van der Waals surface area contributed by atoms with Crippen molar-refractivity contribution in [2.75, 3.05) is 0 Å². The molecule has 0 fully saturated rings. The molecule has 0 N–H and O–H groups in total. The van der Waals surface area contributed by atoms with Crippen LogP contribution >= 0.6 is 0 Å². The van der Waals surface area contributed by atoms with Crippen molar-refractivity contribution in [1.29, 1.82) is 0 Å². The maximum Gasteiger partial charge on any atom is 0.160 e. The molecule has 1 aliphatic rings. The number of hydrogen-bond acceptors (Lipinski definition) is 2. The van der Waals surface area contributed by atoms with Crippen molar-refractivity contribution < 1.29 is 0 Å². The summed E-state index contributed by atoms with van der Waals surface area (Å²) in [5, 5.41) is 4.88. The summed E-state index contributed by atoms with van der Waals surface area (Å²) in [7, 11) is 0. The van der Waals surface area contributed by atoms with E-state index in [0.29, 0.717) is 0 Å². The van der Waals surface area contributed by atoms with Gasteiger partial charge in [-0.25, -0.2) is 9.97 Å². The third-order valence-corrected chi connectivity index (χ3v) is 9.78. The Morgan fingerprint density at radius 1 is 0.438 bits per heavy atom. The molecular formula is C45H29N3. The fourth-order valence-corrected chi connectivity index (χ4v) is 7.49. The molecule has 3 heterocycles. The standard InChI is InChI=1S/C45H29N3/c1-3-11-30(12-4-1)32-20-21-34-28-35(23-22-33(34)27-32)45-46-43(31-13-5-2-6-14-31)39-25-29-19-24-37-36-15-7-9-17-40(36)48(42(37)26-29)41-18-10-8-16-38(41)44(39)47-45/h1-24,26-28H,25H2. The predicted molar refractivity (Wildman–Crippen MR) is 198 cm³/mol. The van der Waals surface area contributed by atoms with Gasteiger partial charge in [-0.2, -0.15) is 0 Å². The van der Waals surface area contributed by atoms with E-state index >= 15 is 0 Å². The molecule has 0 radical (unpaired) electrons. The molecule has 2 bridgehead atoms. The normalized spacial score (nSPS) is 12.1. The molecule has 9 aromatic rings. The van der Waals surface area contributed by atoms with Crippen molar-refractivity contribution in [3.8, 4) is 50.7 Å². The molecule has 10 rings (SSSR count). The lowest BCUT2D eigenvalue weighted by molar-refractivity contribution is 1.09. The van der Waals surface area contributed by atoms with E-state index in [1.165, 1.54) is 49.3 Å². The number of fused-ring (bicyclic) bond motifs is 9. The highest BCUT2D eigenvalue weighted by molar-refractivity contribution is 6.10. The highest BCUT2D eigenvalue weighted by Crippen LogP contribution is 2.42. The van der Waals surface area contributed by atoms with Gasteiger partial charge in [-0.3, -0.25) is 0 Å². The molecule has 0 aliphatic carbocycles. The van der Waals surface area contributed by atoms with Crippen LogP contribution in [-0.4, -0.2) is 14.5 Å². The van der Waals surface area contributed by atoms with E-state index in [1.807, 2.05) is 0 Å². The lowest BCUT2D eigenvalue weighted by Gasteiger charge is -2.18. The van der Waals surface area contributed by atoms with Crippen LogP contribution in [0.25, 0.3) is 83.3 Å². The number of para-hydroxylation sites is 2. The van der Waals surface area contributed by atoms with Gasteiger partial charge in [0.25, 0.3) is 0 Å². The first-order valence-corrected chi connectivity index (χ1v) is 16.5. The predicted octanol–water partition coefficient (Wildman–Crippen LogP) is 11.3. The molecule has 3 nitrogen and oxygen atoms in total. The largest absolute Gasteiger partial charge is 0.309 e. The molecule has 48 heavy (non-hydrogen) atoms. The van der Waals surface area contributed by atoms with Gasteiger partial charge < -0.3 is 4.57 Å². The zero-order chi connectivity index (χ0) is 31.6. The molecule has 224 valence electrons. The Morgan fingerprint density at radius 3 is 1.92 bits per heavy atom. The first kappa shape index (κ1) is 26.9. The Morgan fingerprint density at radius 2 is 1.08 bits per heavy atom. The van der Waals surface area contributed by atoms with Crippen molar-refractivity contribution in [1.82, 2.24) is 14.5 Å². The summed E-state index contributed by atoms with van der Waals surface area (Å²) in [6.45, 7) is 0. The minimum Gasteiger partial charge on any atom is -0.309 e. The van der Waals surface area contributed by atoms with Crippen molar-refractivity contribution in [2.45, 2.75) is 6.42 Å². The van der Waals surface area contributed by atoms with Gasteiger partial charge in [0.2, 0.25) is 0 Å². The molecule has 0 atom stereocenters. The average Bonchev–Trinajstić information content (AvgIpc) is 3.49. The molecule has 0 unspecified atom stereocenters. The first-order chi connectivity index (χ1) is 23.8. The van der Waals surface area contributed by atoms with Gasteiger partial charge in [0, 0.05) is 39.4 Å². The van der Waals surface area contributed by atoms with Crippen LogP contribution in [0, 0.1) is 0 Å². The lowest BCUT2D eigenvalue weighted by atomic mass is 9.93. The van der Waals surface area contributed by atoms with Gasteiger partial charge in [-0.05, 0) is 57.8 Å². The molecule has 0 saturated carbocycles. The van der Waals surface area contributed by atoms with Crippen LogP contribution in [0.15, 0.2) is 164 Å². The summed E-state index contributed by atoms with van der Waals surface area (Å²) in [4.78, 5) is 10.8. The third kappa shape index (κ3) is 4.21. The molecule has 0 spiro atoms. The summed E-state index contributed by atoms with van der Waals surface area (Å²) < 4.78 is 2.42. The monoisotopic (exact) mass is 611 g/mol. The Labute approximate surface area is 278 Å². The zero-order valence-corrected chi connectivity index (χ0v) is 26.1. The highest BCUT2D eigenvalue weighted by Gasteiger charge is 2.24. The lowest BCUT2D eigenvalue weighted by Crippen LogP contribution is -2.05. The van der Waals surface area contributed by atoms with Gasteiger partial charge >= 0.3 is 0 Å². The quantitative estimate of drug-likeness (QED) is 0.199. The van der Waals surface area contributed by atoms with E-state index in [2.05, 4.69) is 168 Å². The summed E-state index contributed by atoms with van der Waals surface area (Å²) in [6, 6.07) is 58.7. The van der Waals surface area contributed by atoms with E-state index in [1.54, 1.807) is 0 Å². The van der Waals surface area contributed by atoms with Crippen molar-refractivity contribution >= 4 is 32.6 Å². The van der Waals surface area contributed by atoms with E-state index in [-0.39, 0.29) is 0 Å². The van der Waals surface area contributed by atoms with Crippen LogP contribution in [-0.2, 0) is 6.42 Å². The van der Waals surface area contributed by atoms with Crippen LogP contribution in [0.4, 0.5) is 0 Å². The molecule has 0 saturated heterocycles. The SMILES string of the molecule is c1ccc(-c2ccc3cc(-c4nc(-c5ccccc5)c5c(n4)-c4ccccc4-n4c6ccccc6c6ccc(cc64)C5)ccc3c2)cc1. The van der Waals surface area contributed by atoms with Crippen molar-refractivity contribution in [3.63, 3.8) is 0 Å². The molecule has 0 amide bonds. The summed E-state index contributed by atoms with van der Waals surface area (Å²) >= 11 is 0. The van der Waals surface area contributed by atoms with Crippen LogP contribution < -0.4 is 0 Å². The molecular weight excluding hydrogens is 583 g/mol. The van der Waals surface area contributed by atoms with E-state index in [4.69, 9.17) is 9.97 Å². The van der Waals surface area contributed by atoms with Crippen molar-refractivity contribution in [2.24, 2.45) is 0 Å². The van der Waals surface area contributed by atoms with Crippen LogP contribution in [0.5, 0.6) is 0 Å². The maximum atomic E-state index is 5.47. The van der Waals surface area contributed by atoms with E-state index in [0.717, 1.165) is 51.6 Å². The van der Waals surface area contributed by atoms with Crippen LogP contribution in [0.3, 0.4) is 0 Å². The summed E-state index contributed by atoms with van der Waals surface area (Å²) in [6.07, 6.45) is 0.728. The van der Waals surface area contributed by atoms with Crippen LogP contribution in [0.2, 0.25) is 0 Å². The second kappa shape index (κ2) is 10.6. The molecule has 1 aliphatic heterocycles. The maximum absolute atomic E-state index is 5.47. The first-order valence-electron chi connectivity index (χ1n) is 16.5. The Kier molecular flexibility index (Phi) is 5.94. The Hall–Kier alpha value is -6.32. The number of hydrogen-bond donors (Lipinski definition) is 0. The van der Waals surface area contributed by atoms with Gasteiger partial charge in [0.1, 0.15) is 0 Å². The topological polar surface area (TPSA) is 30.7 Å². The Balaban J connectivity index is 1.23. The summed E-state index contributed by atoms with van der Waals surface area (Å²) in [5.74, 6) is 0.727. The number of benzene rings is 7. The second-order valence-corrected chi connectivity index (χ2v) is 12.6. The zero-order valence-electron chi connectivity index (χ0n) is 26.1. The minimum atomic E-state index is 0.727. The van der Waals surface area contributed by atoms with Gasteiger partial charge in [0.15, 0.2) is 5.82 Å². The molecule has 3 heteroatoms. The molecule has 2 aromatic heterocycles. The average molecular weight is 612 g/mol. The number of nitrogens with zero attached hydrogens (tertiary/aromatic N) is 3. The minimum absolute atomic E-state index is 0.727.